The lowest BCUT2D eigenvalue weighted by molar-refractivity contribution is 0.174. The molecule has 1 aromatic rings. The fourth-order valence-electron chi connectivity index (χ4n) is 2.85. The lowest BCUT2D eigenvalue weighted by Crippen LogP contribution is -2.47. The number of benzene rings is 1. The van der Waals surface area contributed by atoms with Crippen molar-refractivity contribution in [3.05, 3.63) is 35.4 Å². The van der Waals surface area contributed by atoms with E-state index in [1.807, 2.05) is 0 Å². The van der Waals surface area contributed by atoms with Gasteiger partial charge in [0.2, 0.25) is 0 Å². The highest BCUT2D eigenvalue weighted by Crippen LogP contribution is 2.12. The van der Waals surface area contributed by atoms with E-state index in [0.29, 0.717) is 0 Å². The first-order chi connectivity index (χ1) is 9.29. The minimum absolute atomic E-state index is 0.733. The molecule has 19 heavy (non-hydrogen) atoms. The molecule has 0 aromatic heterocycles. The van der Waals surface area contributed by atoms with Gasteiger partial charge in [-0.05, 0) is 43.7 Å². The van der Waals surface area contributed by atoms with Crippen LogP contribution in [-0.2, 0) is 12.8 Å². The van der Waals surface area contributed by atoms with Crippen molar-refractivity contribution in [1.82, 2.24) is 10.2 Å². The summed E-state index contributed by atoms with van der Waals surface area (Å²) in [6.45, 7) is 9.33. The average Bonchev–Trinajstić information content (AvgIpc) is 2.49. The molecular formula is C17H28N2. The highest BCUT2D eigenvalue weighted by atomic mass is 15.2. The quantitative estimate of drug-likeness (QED) is 0.846. The van der Waals surface area contributed by atoms with Crippen LogP contribution in [0.15, 0.2) is 24.3 Å². The first-order valence-corrected chi connectivity index (χ1v) is 7.82. The van der Waals surface area contributed by atoms with Crippen LogP contribution in [0.2, 0.25) is 0 Å². The zero-order valence-electron chi connectivity index (χ0n) is 12.5. The number of nitrogens with zero attached hydrogens (tertiary/aromatic N) is 1. The lowest BCUT2D eigenvalue weighted by Gasteiger charge is -2.32. The fraction of sp³-hybridized carbons (Fsp3) is 0.647. The van der Waals surface area contributed by atoms with E-state index in [0.717, 1.165) is 25.6 Å². The minimum atomic E-state index is 0.733. The fourth-order valence-corrected chi connectivity index (χ4v) is 2.85. The molecule has 2 heteroatoms. The largest absolute Gasteiger partial charge is 0.314 e. The van der Waals surface area contributed by atoms with Crippen molar-refractivity contribution in [2.45, 2.75) is 45.6 Å². The summed E-state index contributed by atoms with van der Waals surface area (Å²) in [4.78, 5) is 2.62. The summed E-state index contributed by atoms with van der Waals surface area (Å²) < 4.78 is 0. The van der Waals surface area contributed by atoms with Crippen LogP contribution in [0, 0.1) is 0 Å². The number of hydrogen-bond acceptors (Lipinski definition) is 2. The molecule has 0 spiro atoms. The van der Waals surface area contributed by atoms with Crippen LogP contribution in [-0.4, -0.2) is 37.1 Å². The molecule has 1 fully saturated rings. The van der Waals surface area contributed by atoms with Crippen LogP contribution in [0.4, 0.5) is 0 Å². The van der Waals surface area contributed by atoms with E-state index in [4.69, 9.17) is 0 Å². The lowest BCUT2D eigenvalue weighted by atomic mass is 10.0. The highest BCUT2D eigenvalue weighted by molar-refractivity contribution is 5.22. The average molecular weight is 260 g/mol. The SMILES string of the molecule is CCc1ccc(CCCC(C)N2CCNCC2)cc1. The van der Waals surface area contributed by atoms with Crippen molar-refractivity contribution >= 4 is 0 Å². The number of nitrogens with one attached hydrogen (secondary N) is 1. The Kier molecular flexibility index (Phi) is 5.87. The second-order valence-electron chi connectivity index (χ2n) is 5.70. The Labute approximate surface area is 118 Å². The van der Waals surface area contributed by atoms with E-state index < -0.39 is 0 Å². The topological polar surface area (TPSA) is 15.3 Å². The predicted molar refractivity (Wildman–Crippen MR) is 82.7 cm³/mol. The zero-order valence-corrected chi connectivity index (χ0v) is 12.5. The maximum absolute atomic E-state index is 3.42. The van der Waals surface area contributed by atoms with Crippen molar-refractivity contribution < 1.29 is 0 Å². The minimum Gasteiger partial charge on any atom is -0.314 e. The molecule has 2 nitrogen and oxygen atoms in total. The molecule has 0 bridgehead atoms. The Morgan fingerprint density at radius 1 is 1.11 bits per heavy atom. The molecule has 0 aliphatic carbocycles. The Morgan fingerprint density at radius 2 is 1.74 bits per heavy atom. The zero-order chi connectivity index (χ0) is 13.5. The molecule has 1 unspecified atom stereocenters. The van der Waals surface area contributed by atoms with Gasteiger partial charge in [0.1, 0.15) is 0 Å². The number of piperazine rings is 1. The molecular weight excluding hydrogens is 232 g/mol. The Bertz CT molecular complexity index is 352. The monoisotopic (exact) mass is 260 g/mol. The van der Waals surface area contributed by atoms with Crippen LogP contribution in [0.5, 0.6) is 0 Å². The molecule has 0 amide bonds. The van der Waals surface area contributed by atoms with Gasteiger partial charge in [0, 0.05) is 32.2 Å². The summed E-state index contributed by atoms with van der Waals surface area (Å²) in [7, 11) is 0. The van der Waals surface area contributed by atoms with Crippen LogP contribution >= 0.6 is 0 Å². The summed E-state index contributed by atoms with van der Waals surface area (Å²) in [5.74, 6) is 0. The third-order valence-electron chi connectivity index (χ3n) is 4.29. The maximum Gasteiger partial charge on any atom is 0.0110 e. The molecule has 1 aromatic carbocycles. The maximum atomic E-state index is 3.42. The Morgan fingerprint density at radius 3 is 2.37 bits per heavy atom. The summed E-state index contributed by atoms with van der Waals surface area (Å²) in [6, 6.07) is 9.88. The van der Waals surface area contributed by atoms with Crippen LogP contribution in [0.25, 0.3) is 0 Å². The van der Waals surface area contributed by atoms with Crippen LogP contribution < -0.4 is 5.32 Å². The summed E-state index contributed by atoms with van der Waals surface area (Å²) in [6.07, 6.45) is 4.98. The van der Waals surface area contributed by atoms with E-state index in [1.165, 1.54) is 43.5 Å². The van der Waals surface area contributed by atoms with Gasteiger partial charge in [0.25, 0.3) is 0 Å². The van der Waals surface area contributed by atoms with E-state index in [1.54, 1.807) is 0 Å². The molecule has 1 aliphatic rings. The predicted octanol–water partition coefficient (Wildman–Crippen LogP) is 2.87. The number of rotatable bonds is 6. The van der Waals surface area contributed by atoms with E-state index in [9.17, 15) is 0 Å². The van der Waals surface area contributed by atoms with Gasteiger partial charge in [-0.2, -0.15) is 0 Å². The van der Waals surface area contributed by atoms with Gasteiger partial charge in [-0.1, -0.05) is 31.2 Å². The summed E-state index contributed by atoms with van der Waals surface area (Å²) in [5, 5.41) is 3.42. The number of hydrogen-bond donors (Lipinski definition) is 1. The molecule has 1 atom stereocenters. The molecule has 1 aliphatic heterocycles. The molecule has 1 N–H and O–H groups in total. The third kappa shape index (κ3) is 4.63. The van der Waals surface area contributed by atoms with Crippen molar-refractivity contribution in [1.29, 1.82) is 0 Å². The molecule has 2 rings (SSSR count). The first kappa shape index (κ1) is 14.5. The molecule has 0 saturated carbocycles. The van der Waals surface area contributed by atoms with E-state index in [-0.39, 0.29) is 0 Å². The Balaban J connectivity index is 1.69. The van der Waals surface area contributed by atoms with Gasteiger partial charge >= 0.3 is 0 Å². The normalized spacial score (nSPS) is 18.4. The first-order valence-electron chi connectivity index (χ1n) is 7.82. The summed E-state index contributed by atoms with van der Waals surface area (Å²) in [5.41, 5.74) is 2.93. The van der Waals surface area contributed by atoms with Crippen LogP contribution in [0.3, 0.4) is 0 Å². The molecule has 1 heterocycles. The van der Waals surface area contributed by atoms with Crippen molar-refractivity contribution in [2.75, 3.05) is 26.2 Å². The highest BCUT2D eigenvalue weighted by Gasteiger charge is 2.15. The molecule has 0 radical (unpaired) electrons. The Hall–Kier alpha value is -0.860. The second kappa shape index (κ2) is 7.66. The van der Waals surface area contributed by atoms with Gasteiger partial charge < -0.3 is 5.32 Å². The van der Waals surface area contributed by atoms with E-state index >= 15 is 0 Å². The number of aryl methyl sites for hydroxylation is 2. The van der Waals surface area contributed by atoms with Crippen LogP contribution in [0.1, 0.15) is 37.8 Å². The van der Waals surface area contributed by atoms with Crippen molar-refractivity contribution in [2.24, 2.45) is 0 Å². The van der Waals surface area contributed by atoms with Gasteiger partial charge in [-0.3, -0.25) is 4.90 Å². The molecule has 1 saturated heterocycles. The van der Waals surface area contributed by atoms with Gasteiger partial charge in [-0.25, -0.2) is 0 Å². The smallest absolute Gasteiger partial charge is 0.0110 e. The molecule has 106 valence electrons. The van der Waals surface area contributed by atoms with Gasteiger partial charge in [-0.15, -0.1) is 0 Å². The van der Waals surface area contributed by atoms with Crippen molar-refractivity contribution in [3.8, 4) is 0 Å². The van der Waals surface area contributed by atoms with Gasteiger partial charge in [0.15, 0.2) is 0 Å². The summed E-state index contributed by atoms with van der Waals surface area (Å²) >= 11 is 0. The van der Waals surface area contributed by atoms with Crippen molar-refractivity contribution in [3.63, 3.8) is 0 Å². The standard InChI is InChI=1S/C17H28N2/c1-3-16-7-9-17(10-8-16)6-4-5-15(2)19-13-11-18-12-14-19/h7-10,15,18H,3-6,11-14H2,1-2H3. The second-order valence-corrected chi connectivity index (χ2v) is 5.70. The third-order valence-corrected chi connectivity index (χ3v) is 4.29. The van der Waals surface area contributed by atoms with Gasteiger partial charge in [0.05, 0.1) is 0 Å². The van der Waals surface area contributed by atoms with E-state index in [2.05, 4.69) is 48.3 Å².